The Morgan fingerprint density at radius 3 is 2.21 bits per heavy atom. The molecule has 4 rings (SSSR count). The molecule has 0 unspecified atom stereocenters. The minimum Gasteiger partial charge on any atom is -0.478 e. The highest BCUT2D eigenvalue weighted by Gasteiger charge is 2.14. The van der Waals surface area contributed by atoms with Crippen molar-refractivity contribution in [3.05, 3.63) is 107 Å². The highest BCUT2D eigenvalue weighted by Crippen LogP contribution is 2.27. The van der Waals surface area contributed by atoms with Gasteiger partial charge in [0.2, 0.25) is 0 Å². The zero-order chi connectivity index (χ0) is 28.4. The van der Waals surface area contributed by atoms with Crippen LogP contribution in [0.3, 0.4) is 0 Å². The molecule has 3 aromatic rings. The maximum atomic E-state index is 11.1. The first-order valence-electron chi connectivity index (χ1n) is 14.3. The lowest BCUT2D eigenvalue weighted by Crippen LogP contribution is -2.23. The molecule has 0 atom stereocenters. The lowest BCUT2D eigenvalue weighted by Gasteiger charge is -2.23. The second kappa shape index (κ2) is 14.5. The number of nitrogens with one attached hydrogen (secondary N) is 1. The molecular formula is C36H45NO2. The maximum Gasteiger partial charge on any atom is 0.336 e. The van der Waals surface area contributed by atoms with Gasteiger partial charge in [0.25, 0.3) is 0 Å². The molecule has 1 aliphatic rings. The van der Waals surface area contributed by atoms with E-state index in [1.807, 2.05) is 36.4 Å². The summed E-state index contributed by atoms with van der Waals surface area (Å²) in [5.41, 5.74) is 11.0. The van der Waals surface area contributed by atoms with Crippen molar-refractivity contribution in [3.8, 4) is 11.1 Å². The summed E-state index contributed by atoms with van der Waals surface area (Å²) in [5, 5.41) is 12.7. The molecule has 0 aliphatic heterocycles. The van der Waals surface area contributed by atoms with Crippen LogP contribution in [0.25, 0.3) is 22.4 Å². The molecule has 1 saturated carbocycles. The van der Waals surface area contributed by atoms with Crippen molar-refractivity contribution in [3.63, 3.8) is 0 Å². The predicted molar refractivity (Wildman–Crippen MR) is 167 cm³/mol. The first-order chi connectivity index (χ1) is 18.7. The molecule has 0 heterocycles. The van der Waals surface area contributed by atoms with Gasteiger partial charge in [-0.2, -0.15) is 0 Å². The van der Waals surface area contributed by atoms with Gasteiger partial charge in [0, 0.05) is 12.2 Å². The third-order valence-corrected chi connectivity index (χ3v) is 7.90. The Bertz CT molecular complexity index is 1290. The van der Waals surface area contributed by atoms with Crippen LogP contribution in [0.4, 0.5) is 0 Å². The van der Waals surface area contributed by atoms with Gasteiger partial charge in [0.05, 0.1) is 5.56 Å². The van der Waals surface area contributed by atoms with Gasteiger partial charge in [-0.05, 0) is 104 Å². The zero-order valence-corrected chi connectivity index (χ0v) is 24.4. The van der Waals surface area contributed by atoms with Gasteiger partial charge in [-0.25, -0.2) is 4.79 Å². The van der Waals surface area contributed by atoms with E-state index in [9.17, 15) is 4.79 Å². The largest absolute Gasteiger partial charge is 0.478 e. The van der Waals surface area contributed by atoms with E-state index in [1.165, 1.54) is 65.5 Å². The van der Waals surface area contributed by atoms with E-state index in [0.29, 0.717) is 5.56 Å². The molecule has 3 nitrogen and oxygen atoms in total. The fraction of sp³-hybridized carbons (Fsp3) is 0.361. The summed E-state index contributed by atoms with van der Waals surface area (Å²) in [7, 11) is 0. The minimum absolute atomic E-state index is 0.344. The van der Waals surface area contributed by atoms with Crippen molar-refractivity contribution in [1.82, 2.24) is 5.32 Å². The minimum atomic E-state index is -0.889. The Hall–Kier alpha value is -3.59. The molecule has 0 spiro atoms. The van der Waals surface area contributed by atoms with Crippen LogP contribution in [-0.4, -0.2) is 17.6 Å². The van der Waals surface area contributed by atoms with E-state index in [4.69, 9.17) is 5.11 Å². The van der Waals surface area contributed by atoms with Gasteiger partial charge < -0.3 is 10.4 Å². The smallest absolute Gasteiger partial charge is 0.336 e. The molecule has 0 aromatic heterocycles. The Morgan fingerprint density at radius 1 is 0.923 bits per heavy atom. The van der Waals surface area contributed by atoms with Crippen molar-refractivity contribution in [1.29, 1.82) is 0 Å². The zero-order valence-electron chi connectivity index (χ0n) is 24.4. The van der Waals surface area contributed by atoms with E-state index < -0.39 is 5.97 Å². The lowest BCUT2D eigenvalue weighted by molar-refractivity contribution is 0.0697. The maximum absolute atomic E-state index is 11.1. The van der Waals surface area contributed by atoms with Crippen LogP contribution in [0.1, 0.15) is 92.4 Å². The number of hydrogen-bond acceptors (Lipinski definition) is 2. The van der Waals surface area contributed by atoms with Gasteiger partial charge in [-0.1, -0.05) is 92.9 Å². The Kier molecular flexibility index (Phi) is 11.2. The number of hydrogen-bond donors (Lipinski definition) is 2. The molecule has 2 N–H and O–H groups in total. The Morgan fingerprint density at radius 2 is 1.59 bits per heavy atom. The summed E-state index contributed by atoms with van der Waals surface area (Å²) in [5.74, 6) is -0.0601. The summed E-state index contributed by atoms with van der Waals surface area (Å²) in [6.07, 6.45) is 7.94. The van der Waals surface area contributed by atoms with Crippen molar-refractivity contribution >= 4 is 17.2 Å². The van der Waals surface area contributed by atoms with Crippen LogP contribution in [-0.2, 0) is 6.42 Å². The van der Waals surface area contributed by atoms with E-state index in [2.05, 4.69) is 64.7 Å². The second-order valence-electron chi connectivity index (χ2n) is 10.9. The molecule has 0 radical (unpaired) electrons. The van der Waals surface area contributed by atoms with Crippen LogP contribution in [0, 0.1) is 12.8 Å². The highest BCUT2D eigenvalue weighted by molar-refractivity contribution is 5.96. The normalized spacial score (nSPS) is 13.2. The summed E-state index contributed by atoms with van der Waals surface area (Å²) in [4.78, 5) is 11.1. The fourth-order valence-electron chi connectivity index (χ4n) is 5.09. The number of allylic oxidation sites excluding steroid dienone is 2. The number of carboxylic acid groups (broad SMARTS) is 1. The first kappa shape index (κ1) is 30.0. The molecule has 0 bridgehead atoms. The summed E-state index contributed by atoms with van der Waals surface area (Å²) in [6.45, 7) is 16.2. The van der Waals surface area contributed by atoms with Crippen molar-refractivity contribution in [2.75, 3.05) is 6.54 Å². The number of carbonyl (C=O) groups is 1. The van der Waals surface area contributed by atoms with Crippen LogP contribution < -0.4 is 5.32 Å². The van der Waals surface area contributed by atoms with Gasteiger partial charge in [-0.3, -0.25) is 0 Å². The third kappa shape index (κ3) is 8.45. The average Bonchev–Trinajstić information content (AvgIpc) is 2.96. The van der Waals surface area contributed by atoms with Gasteiger partial charge >= 0.3 is 5.97 Å². The first-order valence-corrected chi connectivity index (χ1v) is 14.3. The quantitative estimate of drug-likeness (QED) is 0.309. The van der Waals surface area contributed by atoms with Crippen LogP contribution in [0.5, 0.6) is 0 Å². The van der Waals surface area contributed by atoms with E-state index in [-0.39, 0.29) is 0 Å². The number of aromatic carboxylic acids is 1. The van der Waals surface area contributed by atoms with Crippen LogP contribution >= 0.6 is 0 Å². The molecule has 39 heavy (non-hydrogen) atoms. The van der Waals surface area contributed by atoms with Gasteiger partial charge in [-0.15, -0.1) is 0 Å². The SMILES string of the molecule is C=C(NCC1CCCCC1)c1ccc(C)c(C(C)=C(C)C)c1.CCc1ccc(-c2ccccc2C(=O)O)cc1. The van der Waals surface area contributed by atoms with E-state index in [1.54, 1.807) is 12.1 Å². The molecule has 3 heteroatoms. The number of rotatable bonds is 8. The molecule has 0 saturated heterocycles. The van der Waals surface area contributed by atoms with Crippen LogP contribution in [0.15, 0.2) is 78.9 Å². The fourth-order valence-corrected chi connectivity index (χ4v) is 5.09. The van der Waals surface area contributed by atoms with Gasteiger partial charge in [0.15, 0.2) is 0 Å². The van der Waals surface area contributed by atoms with E-state index >= 15 is 0 Å². The van der Waals surface area contributed by atoms with Gasteiger partial charge in [0.1, 0.15) is 0 Å². The number of aryl methyl sites for hydroxylation is 2. The topological polar surface area (TPSA) is 49.3 Å². The summed E-state index contributed by atoms with van der Waals surface area (Å²) < 4.78 is 0. The highest BCUT2D eigenvalue weighted by atomic mass is 16.4. The average molecular weight is 524 g/mol. The summed E-state index contributed by atoms with van der Waals surface area (Å²) in [6, 6.07) is 21.8. The van der Waals surface area contributed by atoms with Crippen molar-refractivity contribution in [2.24, 2.45) is 5.92 Å². The molecule has 1 aliphatic carbocycles. The molecule has 3 aromatic carbocycles. The van der Waals surface area contributed by atoms with Crippen molar-refractivity contribution in [2.45, 2.75) is 73.1 Å². The van der Waals surface area contributed by atoms with E-state index in [0.717, 1.165) is 35.7 Å². The number of benzene rings is 3. The molecule has 0 amide bonds. The molecular weight excluding hydrogens is 478 g/mol. The van der Waals surface area contributed by atoms with Crippen molar-refractivity contribution < 1.29 is 9.90 Å². The second-order valence-corrected chi connectivity index (χ2v) is 10.9. The van der Waals surface area contributed by atoms with Crippen LogP contribution in [0.2, 0.25) is 0 Å². The monoisotopic (exact) mass is 523 g/mol. The predicted octanol–water partition coefficient (Wildman–Crippen LogP) is 9.56. The standard InChI is InChI=1S/C21H31N.C15H14O2/c1-15(2)17(4)21-13-20(12-11-16(21)3)18(5)22-14-19-9-7-6-8-10-19;1-2-11-7-9-12(10-8-11)13-5-3-4-6-14(13)15(16)17/h11-13,19,22H,5-10,14H2,1-4H3;3-10H,2H2,1H3,(H,16,17). The third-order valence-electron chi connectivity index (χ3n) is 7.90. The molecule has 206 valence electrons. The Labute approximate surface area is 235 Å². The lowest BCUT2D eigenvalue weighted by atomic mass is 9.89. The Balaban J connectivity index is 0.000000223. The summed E-state index contributed by atoms with van der Waals surface area (Å²) >= 11 is 0. The molecule has 1 fully saturated rings. The number of carboxylic acids is 1.